The Bertz CT molecular complexity index is 779. The monoisotopic (exact) mass is 338 g/mol. The number of anilines is 2. The Morgan fingerprint density at radius 3 is 2.48 bits per heavy atom. The van der Waals surface area contributed by atoms with E-state index in [-0.39, 0.29) is 17.4 Å². The Balaban J connectivity index is 2.41. The van der Waals surface area contributed by atoms with Crippen molar-refractivity contribution in [3.05, 3.63) is 59.9 Å². The van der Waals surface area contributed by atoms with Gasteiger partial charge < -0.3 is 9.80 Å². The number of terminal acetylenes is 1. The van der Waals surface area contributed by atoms with E-state index in [1.54, 1.807) is 17.0 Å². The molecule has 2 rings (SSSR count). The predicted octanol–water partition coefficient (Wildman–Crippen LogP) is 4.20. The van der Waals surface area contributed by atoms with Gasteiger partial charge in [0.2, 0.25) is 0 Å². The standard InChI is InChI=1S/C21H23FN2O/c1-5-13-23(4)17-9-8-10-18(14-17)24(15-16(2)3)21(25)19-11-6-7-12-20(19)22/h1,6-12,14,16H,13,15H2,2-4H3. The molecule has 25 heavy (non-hydrogen) atoms. The maximum Gasteiger partial charge on any atom is 0.261 e. The molecule has 0 saturated heterocycles. The Morgan fingerprint density at radius 2 is 1.84 bits per heavy atom. The van der Waals surface area contributed by atoms with E-state index >= 15 is 0 Å². The molecule has 130 valence electrons. The van der Waals surface area contributed by atoms with Gasteiger partial charge in [-0.15, -0.1) is 6.42 Å². The SMILES string of the molecule is C#CCN(C)c1cccc(N(CC(C)C)C(=O)c2ccccc2F)c1. The zero-order valence-electron chi connectivity index (χ0n) is 14.9. The van der Waals surface area contributed by atoms with Crippen molar-refractivity contribution in [2.45, 2.75) is 13.8 Å². The summed E-state index contributed by atoms with van der Waals surface area (Å²) in [6, 6.07) is 13.6. The first-order valence-corrected chi connectivity index (χ1v) is 8.25. The van der Waals surface area contributed by atoms with E-state index in [0.717, 1.165) is 11.4 Å². The summed E-state index contributed by atoms with van der Waals surface area (Å²) in [5.74, 6) is 1.98. The number of halogens is 1. The number of hydrogen-bond donors (Lipinski definition) is 0. The number of carbonyl (C=O) groups is 1. The van der Waals surface area contributed by atoms with E-state index in [2.05, 4.69) is 5.92 Å². The lowest BCUT2D eigenvalue weighted by atomic mass is 10.1. The van der Waals surface area contributed by atoms with Gasteiger partial charge in [-0.2, -0.15) is 0 Å². The van der Waals surface area contributed by atoms with Crippen LogP contribution in [-0.2, 0) is 0 Å². The van der Waals surface area contributed by atoms with Crippen molar-refractivity contribution in [2.75, 3.05) is 29.9 Å². The molecule has 0 heterocycles. The highest BCUT2D eigenvalue weighted by atomic mass is 19.1. The van der Waals surface area contributed by atoms with Crippen LogP contribution in [-0.4, -0.2) is 26.0 Å². The molecule has 0 bridgehead atoms. The van der Waals surface area contributed by atoms with Crippen LogP contribution in [0.3, 0.4) is 0 Å². The Hall–Kier alpha value is -2.80. The Kier molecular flexibility index (Phi) is 6.19. The molecule has 0 N–H and O–H groups in total. The third-order valence-corrected chi connectivity index (χ3v) is 3.81. The Labute approximate surface area is 149 Å². The van der Waals surface area contributed by atoms with E-state index < -0.39 is 5.82 Å². The number of carbonyl (C=O) groups excluding carboxylic acids is 1. The zero-order chi connectivity index (χ0) is 18.4. The minimum absolute atomic E-state index is 0.0746. The molecule has 0 radical (unpaired) electrons. The minimum Gasteiger partial charge on any atom is -0.363 e. The summed E-state index contributed by atoms with van der Waals surface area (Å²) in [5, 5.41) is 0. The predicted molar refractivity (Wildman–Crippen MR) is 101 cm³/mol. The maximum absolute atomic E-state index is 14.1. The van der Waals surface area contributed by atoms with E-state index in [0.29, 0.717) is 13.1 Å². The van der Waals surface area contributed by atoms with Crippen LogP contribution in [0.2, 0.25) is 0 Å². The highest BCUT2D eigenvalue weighted by molar-refractivity contribution is 6.06. The number of hydrogen-bond acceptors (Lipinski definition) is 2. The average molecular weight is 338 g/mol. The first-order chi connectivity index (χ1) is 11.9. The molecule has 0 aliphatic rings. The van der Waals surface area contributed by atoms with E-state index in [1.807, 2.05) is 50.1 Å². The molecule has 0 fully saturated rings. The van der Waals surface area contributed by atoms with Crippen molar-refractivity contribution >= 4 is 17.3 Å². The molecule has 0 atom stereocenters. The van der Waals surface area contributed by atoms with Gasteiger partial charge in [-0.25, -0.2) is 4.39 Å². The number of benzene rings is 2. The van der Waals surface area contributed by atoms with Crippen molar-refractivity contribution in [1.29, 1.82) is 0 Å². The first-order valence-electron chi connectivity index (χ1n) is 8.25. The molecule has 4 heteroatoms. The van der Waals surface area contributed by atoms with Gasteiger partial charge in [0.1, 0.15) is 5.82 Å². The molecule has 0 aromatic heterocycles. The fourth-order valence-corrected chi connectivity index (χ4v) is 2.58. The summed E-state index contributed by atoms with van der Waals surface area (Å²) in [7, 11) is 1.89. The van der Waals surface area contributed by atoms with Crippen LogP contribution in [0.5, 0.6) is 0 Å². The fourth-order valence-electron chi connectivity index (χ4n) is 2.58. The van der Waals surface area contributed by atoms with E-state index in [1.165, 1.54) is 12.1 Å². The molecule has 2 aromatic carbocycles. The van der Waals surface area contributed by atoms with Crippen LogP contribution in [0, 0.1) is 24.1 Å². The second-order valence-electron chi connectivity index (χ2n) is 6.37. The largest absolute Gasteiger partial charge is 0.363 e. The quantitative estimate of drug-likeness (QED) is 0.737. The maximum atomic E-state index is 14.1. The lowest BCUT2D eigenvalue weighted by Gasteiger charge is -2.26. The van der Waals surface area contributed by atoms with Gasteiger partial charge >= 0.3 is 0 Å². The highest BCUT2D eigenvalue weighted by Gasteiger charge is 2.22. The van der Waals surface area contributed by atoms with Crippen LogP contribution in [0.15, 0.2) is 48.5 Å². The second kappa shape index (κ2) is 8.34. The number of rotatable bonds is 6. The van der Waals surface area contributed by atoms with Crippen molar-refractivity contribution in [2.24, 2.45) is 5.92 Å². The van der Waals surface area contributed by atoms with Gasteiger partial charge in [-0.3, -0.25) is 4.79 Å². The highest BCUT2D eigenvalue weighted by Crippen LogP contribution is 2.25. The van der Waals surface area contributed by atoms with Crippen molar-refractivity contribution in [3.8, 4) is 12.3 Å². The van der Waals surface area contributed by atoms with Crippen molar-refractivity contribution in [3.63, 3.8) is 0 Å². The van der Waals surface area contributed by atoms with Crippen molar-refractivity contribution in [1.82, 2.24) is 0 Å². The third-order valence-electron chi connectivity index (χ3n) is 3.81. The summed E-state index contributed by atoms with van der Waals surface area (Å²) >= 11 is 0. The molecule has 1 amide bonds. The van der Waals surface area contributed by atoms with Crippen LogP contribution >= 0.6 is 0 Å². The van der Waals surface area contributed by atoms with Gasteiger partial charge in [0, 0.05) is 25.0 Å². The third kappa shape index (κ3) is 4.60. The summed E-state index contributed by atoms with van der Waals surface area (Å²) in [4.78, 5) is 16.5. The number of amides is 1. The van der Waals surface area contributed by atoms with Crippen LogP contribution in [0.25, 0.3) is 0 Å². The summed E-state index contributed by atoms with van der Waals surface area (Å²) in [5.41, 5.74) is 1.71. The lowest BCUT2D eigenvalue weighted by Crippen LogP contribution is -2.35. The molecular formula is C21H23FN2O. The van der Waals surface area contributed by atoms with Crippen LogP contribution < -0.4 is 9.80 Å². The summed E-state index contributed by atoms with van der Waals surface area (Å²) in [6.07, 6.45) is 5.37. The van der Waals surface area contributed by atoms with Gasteiger partial charge in [-0.1, -0.05) is 38.0 Å². The summed E-state index contributed by atoms with van der Waals surface area (Å²) in [6.45, 7) is 5.01. The molecule has 0 aliphatic heterocycles. The molecule has 0 unspecified atom stereocenters. The Morgan fingerprint density at radius 1 is 1.16 bits per heavy atom. The van der Waals surface area contributed by atoms with Crippen LogP contribution in [0.1, 0.15) is 24.2 Å². The fraction of sp³-hybridized carbons (Fsp3) is 0.286. The molecule has 0 spiro atoms. The first kappa shape index (κ1) is 18.5. The average Bonchev–Trinajstić information content (AvgIpc) is 2.60. The van der Waals surface area contributed by atoms with Gasteiger partial charge in [0.05, 0.1) is 12.1 Å². The van der Waals surface area contributed by atoms with Gasteiger partial charge in [0.15, 0.2) is 0 Å². The van der Waals surface area contributed by atoms with E-state index in [9.17, 15) is 9.18 Å². The zero-order valence-corrected chi connectivity index (χ0v) is 14.9. The normalized spacial score (nSPS) is 10.4. The minimum atomic E-state index is -0.512. The molecule has 0 aliphatic carbocycles. The van der Waals surface area contributed by atoms with Gasteiger partial charge in [0.25, 0.3) is 5.91 Å². The molecule has 0 saturated carbocycles. The molecule has 3 nitrogen and oxygen atoms in total. The smallest absolute Gasteiger partial charge is 0.261 e. The molecular weight excluding hydrogens is 315 g/mol. The topological polar surface area (TPSA) is 23.6 Å². The van der Waals surface area contributed by atoms with Crippen molar-refractivity contribution < 1.29 is 9.18 Å². The van der Waals surface area contributed by atoms with Gasteiger partial charge in [-0.05, 0) is 36.2 Å². The lowest BCUT2D eigenvalue weighted by molar-refractivity contribution is 0.0980. The second-order valence-corrected chi connectivity index (χ2v) is 6.37. The van der Waals surface area contributed by atoms with E-state index in [4.69, 9.17) is 6.42 Å². The summed E-state index contributed by atoms with van der Waals surface area (Å²) < 4.78 is 14.1. The molecule has 2 aromatic rings. The number of nitrogens with zero attached hydrogens (tertiary/aromatic N) is 2. The van der Waals surface area contributed by atoms with Crippen LogP contribution in [0.4, 0.5) is 15.8 Å².